The Kier molecular flexibility index (Phi) is 4.26. The van der Waals surface area contributed by atoms with Gasteiger partial charge in [0.25, 0.3) is 5.91 Å². The van der Waals surface area contributed by atoms with Gasteiger partial charge in [-0.25, -0.2) is 0 Å². The van der Waals surface area contributed by atoms with Gasteiger partial charge in [0.1, 0.15) is 17.3 Å². The van der Waals surface area contributed by atoms with Gasteiger partial charge in [0.2, 0.25) is 5.91 Å². The molecule has 1 aromatic heterocycles. The molecule has 7 heteroatoms. The predicted molar refractivity (Wildman–Crippen MR) is 103 cm³/mol. The first-order chi connectivity index (χ1) is 14.1. The number of hydrogen-bond donors (Lipinski definition) is 2. The van der Waals surface area contributed by atoms with Gasteiger partial charge in [-0.05, 0) is 49.4 Å². The second-order valence-electron chi connectivity index (χ2n) is 8.19. The third-order valence-electron chi connectivity index (χ3n) is 6.62. The summed E-state index contributed by atoms with van der Waals surface area (Å²) in [7, 11) is 1.59. The van der Waals surface area contributed by atoms with Crippen molar-refractivity contribution in [1.29, 1.82) is 0 Å². The molecule has 1 aliphatic heterocycles. The maximum Gasteiger partial charge on any atom is 0.258 e. The summed E-state index contributed by atoms with van der Waals surface area (Å²) in [6.45, 7) is 0.394. The number of carbonyl (C=O) groups excluding carboxylic acids is 2. The maximum absolute atomic E-state index is 12.8. The Morgan fingerprint density at radius 2 is 2.24 bits per heavy atom. The fourth-order valence-corrected chi connectivity index (χ4v) is 5.16. The number of hydrogen-bond acceptors (Lipinski definition) is 5. The number of rotatable bonds is 4. The lowest BCUT2D eigenvalue weighted by molar-refractivity contribution is -0.146. The summed E-state index contributed by atoms with van der Waals surface area (Å²) in [5.74, 6) is 2.07. The van der Waals surface area contributed by atoms with E-state index in [1.54, 1.807) is 31.6 Å². The Bertz CT molecular complexity index is 941. The van der Waals surface area contributed by atoms with Gasteiger partial charge >= 0.3 is 0 Å². The molecule has 2 bridgehead atoms. The summed E-state index contributed by atoms with van der Waals surface area (Å²) >= 11 is 0. The van der Waals surface area contributed by atoms with Crippen molar-refractivity contribution in [1.82, 2.24) is 10.6 Å². The molecule has 3 aliphatic carbocycles. The molecule has 2 heterocycles. The number of methoxy groups -OCH3 is 1. The van der Waals surface area contributed by atoms with E-state index in [9.17, 15) is 9.59 Å². The average Bonchev–Trinajstić information content (AvgIpc) is 3.25. The summed E-state index contributed by atoms with van der Waals surface area (Å²) in [4.78, 5) is 25.6. The van der Waals surface area contributed by atoms with Crippen LogP contribution in [-0.2, 0) is 11.3 Å². The molecular weight excluding hydrogens is 372 g/mol. The predicted octanol–water partition coefficient (Wildman–Crippen LogP) is 2.86. The molecule has 2 aromatic rings. The first-order valence-electron chi connectivity index (χ1n) is 10.1. The molecule has 0 radical (unpaired) electrons. The van der Waals surface area contributed by atoms with Crippen molar-refractivity contribution < 1.29 is 23.5 Å². The van der Waals surface area contributed by atoms with Gasteiger partial charge in [-0.3, -0.25) is 9.59 Å². The van der Waals surface area contributed by atoms with Gasteiger partial charge < -0.3 is 24.5 Å². The molecule has 1 spiro atoms. The molecule has 3 saturated carbocycles. The quantitative estimate of drug-likeness (QED) is 0.830. The van der Waals surface area contributed by atoms with Crippen LogP contribution in [0.2, 0.25) is 0 Å². The van der Waals surface area contributed by atoms with Crippen LogP contribution in [-0.4, -0.2) is 24.6 Å². The zero-order valence-corrected chi connectivity index (χ0v) is 16.3. The van der Waals surface area contributed by atoms with Crippen LogP contribution in [0.4, 0.5) is 0 Å². The summed E-state index contributed by atoms with van der Waals surface area (Å²) < 4.78 is 17.0. The molecule has 29 heavy (non-hydrogen) atoms. The van der Waals surface area contributed by atoms with E-state index >= 15 is 0 Å². The molecule has 6 rings (SSSR count). The largest absolute Gasteiger partial charge is 0.497 e. The monoisotopic (exact) mass is 396 g/mol. The van der Waals surface area contributed by atoms with Crippen LogP contribution in [0.15, 0.2) is 41.0 Å². The van der Waals surface area contributed by atoms with Crippen LogP contribution in [0.1, 0.15) is 41.8 Å². The molecular formula is C22H24N2O5. The van der Waals surface area contributed by atoms with Crippen molar-refractivity contribution in [2.24, 2.45) is 17.8 Å². The van der Waals surface area contributed by atoms with Crippen LogP contribution in [0.3, 0.4) is 0 Å². The molecule has 3 fully saturated rings. The summed E-state index contributed by atoms with van der Waals surface area (Å²) in [5, 5.41) is 6.12. The lowest BCUT2D eigenvalue weighted by Gasteiger charge is -2.55. The fraction of sp³-hybridized carbons (Fsp3) is 0.455. The number of amides is 2. The molecule has 0 saturated heterocycles. The van der Waals surface area contributed by atoms with Gasteiger partial charge in [-0.2, -0.15) is 0 Å². The minimum absolute atomic E-state index is 0.0511. The number of benzene rings is 1. The first-order valence-corrected chi connectivity index (χ1v) is 10.1. The van der Waals surface area contributed by atoms with E-state index < -0.39 is 5.72 Å². The van der Waals surface area contributed by atoms with Crippen LogP contribution >= 0.6 is 0 Å². The zero-order chi connectivity index (χ0) is 20.0. The van der Waals surface area contributed by atoms with Crippen molar-refractivity contribution in [3.05, 3.63) is 47.9 Å². The van der Waals surface area contributed by atoms with E-state index in [0.717, 1.165) is 18.6 Å². The molecule has 2 amide bonds. The summed E-state index contributed by atoms with van der Waals surface area (Å²) in [6.07, 6.45) is 4.85. The molecule has 2 N–H and O–H groups in total. The lowest BCUT2D eigenvalue weighted by atomic mass is 9.60. The zero-order valence-electron chi connectivity index (χ0n) is 16.3. The number of nitrogens with one attached hydrogen (secondary N) is 2. The topological polar surface area (TPSA) is 89.8 Å². The minimum Gasteiger partial charge on any atom is -0.497 e. The third-order valence-corrected chi connectivity index (χ3v) is 6.62. The van der Waals surface area contributed by atoms with E-state index in [4.69, 9.17) is 13.9 Å². The Morgan fingerprint density at radius 3 is 2.97 bits per heavy atom. The van der Waals surface area contributed by atoms with Crippen molar-refractivity contribution >= 4 is 11.8 Å². The Balaban J connectivity index is 1.33. The van der Waals surface area contributed by atoms with E-state index in [1.807, 2.05) is 12.1 Å². The van der Waals surface area contributed by atoms with Gasteiger partial charge in [-0.1, -0.05) is 0 Å². The summed E-state index contributed by atoms with van der Waals surface area (Å²) in [5.41, 5.74) is -0.220. The highest BCUT2D eigenvalue weighted by molar-refractivity contribution is 5.98. The number of furan rings is 1. The standard InChI is InChI=1S/C22H24N2O5/c1-27-15-6-7-17-19(10-15)29-22(24-21(17)26)11-13-4-5-14(22)9-18(13)20(25)23-12-16-3-2-8-28-16/h2-3,6-8,10,13-14,18H,4-5,9,11-12H2,1H3,(H,23,25)(H,24,26)/t13-,14+,18-,22-/m1/s1. The maximum atomic E-state index is 12.8. The van der Waals surface area contributed by atoms with Gasteiger partial charge in [0.05, 0.1) is 25.5 Å². The number of fused-ring (bicyclic) bond motifs is 3. The fourth-order valence-electron chi connectivity index (χ4n) is 5.16. The normalized spacial score (nSPS) is 29.7. The number of carbonyl (C=O) groups is 2. The second kappa shape index (κ2) is 6.83. The molecule has 4 aliphatic rings. The highest BCUT2D eigenvalue weighted by Gasteiger charge is 2.57. The summed E-state index contributed by atoms with van der Waals surface area (Å²) in [6, 6.07) is 8.91. The molecule has 0 unspecified atom stereocenters. The second-order valence-corrected chi connectivity index (χ2v) is 8.19. The van der Waals surface area contributed by atoms with Crippen LogP contribution < -0.4 is 20.1 Å². The first kappa shape index (κ1) is 18.1. The van der Waals surface area contributed by atoms with Gasteiger partial charge in [-0.15, -0.1) is 0 Å². The lowest BCUT2D eigenvalue weighted by Crippen LogP contribution is -2.66. The smallest absolute Gasteiger partial charge is 0.258 e. The number of ether oxygens (including phenoxy) is 2. The van der Waals surface area contributed by atoms with Crippen molar-refractivity contribution in [2.45, 2.75) is 38.0 Å². The molecule has 7 nitrogen and oxygen atoms in total. The van der Waals surface area contributed by atoms with Gasteiger partial charge in [0.15, 0.2) is 5.72 Å². The van der Waals surface area contributed by atoms with E-state index in [0.29, 0.717) is 36.4 Å². The minimum atomic E-state index is -0.739. The molecule has 4 atom stereocenters. The van der Waals surface area contributed by atoms with Crippen LogP contribution in [0, 0.1) is 17.8 Å². The van der Waals surface area contributed by atoms with Crippen molar-refractivity contribution in [3.63, 3.8) is 0 Å². The average molecular weight is 396 g/mol. The Labute approximate surface area is 168 Å². The highest BCUT2D eigenvalue weighted by Crippen LogP contribution is 2.52. The van der Waals surface area contributed by atoms with Crippen molar-refractivity contribution in [3.8, 4) is 11.5 Å². The Morgan fingerprint density at radius 1 is 1.34 bits per heavy atom. The van der Waals surface area contributed by atoms with Crippen molar-refractivity contribution in [2.75, 3.05) is 7.11 Å². The van der Waals surface area contributed by atoms with Crippen LogP contribution in [0.25, 0.3) is 0 Å². The van der Waals surface area contributed by atoms with Gasteiger partial charge in [0, 0.05) is 24.3 Å². The molecule has 1 aromatic carbocycles. The Hall–Kier alpha value is -2.96. The van der Waals surface area contributed by atoms with Crippen LogP contribution in [0.5, 0.6) is 11.5 Å². The van der Waals surface area contributed by atoms with E-state index in [1.165, 1.54) is 0 Å². The van der Waals surface area contributed by atoms with E-state index in [-0.39, 0.29) is 29.6 Å². The molecule has 152 valence electrons. The highest BCUT2D eigenvalue weighted by atomic mass is 16.5. The SMILES string of the molecule is COc1ccc2c(c1)O[C@@]1(C[C@H]3CC[C@H]1C[C@H]3C(=O)NCc1ccco1)NC2=O. The van der Waals surface area contributed by atoms with E-state index in [2.05, 4.69) is 10.6 Å². The third kappa shape index (κ3) is 3.05.